The first kappa shape index (κ1) is 13.6. The summed E-state index contributed by atoms with van der Waals surface area (Å²) in [7, 11) is 0. The van der Waals surface area contributed by atoms with Crippen LogP contribution in [0.25, 0.3) is 0 Å². The first-order valence-corrected chi connectivity index (χ1v) is 7.40. The van der Waals surface area contributed by atoms with Crippen LogP contribution in [0.2, 0.25) is 0 Å². The van der Waals surface area contributed by atoms with Gasteiger partial charge in [0.25, 0.3) is 0 Å². The van der Waals surface area contributed by atoms with E-state index in [0.29, 0.717) is 5.95 Å². The maximum atomic E-state index is 4.61. The van der Waals surface area contributed by atoms with Gasteiger partial charge in [-0.2, -0.15) is 4.98 Å². The molecule has 100 valence electrons. The molecular formula is C13H21BrN4. The van der Waals surface area contributed by atoms with Crippen molar-refractivity contribution in [3.8, 4) is 0 Å². The maximum absolute atomic E-state index is 4.61. The minimum Gasteiger partial charge on any atom is -0.355 e. The Bertz CT molecular complexity index is 400. The average molecular weight is 313 g/mol. The molecule has 0 aromatic carbocycles. The van der Waals surface area contributed by atoms with E-state index >= 15 is 0 Å². The van der Waals surface area contributed by atoms with Crippen molar-refractivity contribution in [2.45, 2.75) is 27.2 Å². The number of anilines is 2. The van der Waals surface area contributed by atoms with Crippen molar-refractivity contribution >= 4 is 27.7 Å². The lowest BCUT2D eigenvalue weighted by Crippen LogP contribution is -2.39. The number of hydrogen-bond donors (Lipinski definition) is 1. The van der Waals surface area contributed by atoms with Gasteiger partial charge in [-0.1, -0.05) is 13.8 Å². The fourth-order valence-electron chi connectivity index (χ4n) is 2.66. The topological polar surface area (TPSA) is 41.1 Å². The molecule has 2 atom stereocenters. The molecule has 1 aliphatic rings. The third-order valence-corrected chi connectivity index (χ3v) is 3.79. The van der Waals surface area contributed by atoms with E-state index in [2.05, 4.69) is 56.9 Å². The second-order valence-corrected chi connectivity index (χ2v) is 6.10. The zero-order valence-corrected chi connectivity index (χ0v) is 12.9. The molecule has 0 spiro atoms. The van der Waals surface area contributed by atoms with Crippen LogP contribution in [0.1, 0.15) is 27.2 Å². The van der Waals surface area contributed by atoms with Crippen LogP contribution in [-0.2, 0) is 0 Å². The van der Waals surface area contributed by atoms with Crippen molar-refractivity contribution in [3.63, 3.8) is 0 Å². The maximum Gasteiger partial charge on any atom is 0.224 e. The quantitative estimate of drug-likeness (QED) is 0.931. The monoisotopic (exact) mass is 312 g/mol. The van der Waals surface area contributed by atoms with E-state index in [-0.39, 0.29) is 0 Å². The molecule has 1 fully saturated rings. The first-order chi connectivity index (χ1) is 8.60. The minimum absolute atomic E-state index is 0.710. The van der Waals surface area contributed by atoms with E-state index in [0.717, 1.165) is 41.8 Å². The molecular weight excluding hydrogens is 292 g/mol. The summed E-state index contributed by atoms with van der Waals surface area (Å²) >= 11 is 3.56. The predicted molar refractivity (Wildman–Crippen MR) is 79.1 cm³/mol. The van der Waals surface area contributed by atoms with Crippen LogP contribution in [-0.4, -0.2) is 29.6 Å². The van der Waals surface area contributed by atoms with Gasteiger partial charge < -0.3 is 10.2 Å². The summed E-state index contributed by atoms with van der Waals surface area (Å²) in [6, 6.07) is 0. The second-order valence-electron chi connectivity index (χ2n) is 5.25. The van der Waals surface area contributed by atoms with Crippen molar-refractivity contribution in [2.24, 2.45) is 11.8 Å². The summed E-state index contributed by atoms with van der Waals surface area (Å²) in [5, 5.41) is 3.17. The van der Waals surface area contributed by atoms with Gasteiger partial charge in [0.05, 0.1) is 4.47 Å². The largest absolute Gasteiger partial charge is 0.355 e. The Labute approximate surface area is 117 Å². The smallest absolute Gasteiger partial charge is 0.224 e. The summed E-state index contributed by atoms with van der Waals surface area (Å²) in [4.78, 5) is 11.2. The molecule has 1 aliphatic heterocycles. The Kier molecular flexibility index (Phi) is 4.43. The van der Waals surface area contributed by atoms with Gasteiger partial charge in [0.1, 0.15) is 5.82 Å². The highest BCUT2D eigenvalue weighted by atomic mass is 79.9. The average Bonchev–Trinajstić information content (AvgIpc) is 2.30. The van der Waals surface area contributed by atoms with Gasteiger partial charge in [0, 0.05) is 25.8 Å². The van der Waals surface area contributed by atoms with Crippen LogP contribution in [0.4, 0.5) is 11.8 Å². The molecule has 18 heavy (non-hydrogen) atoms. The molecule has 1 saturated heterocycles. The summed E-state index contributed by atoms with van der Waals surface area (Å²) < 4.78 is 0.977. The van der Waals surface area contributed by atoms with Crippen molar-refractivity contribution in [1.82, 2.24) is 9.97 Å². The molecule has 2 rings (SSSR count). The minimum atomic E-state index is 0.710. The highest BCUT2D eigenvalue weighted by Gasteiger charge is 2.24. The fourth-order valence-corrected chi connectivity index (χ4v) is 3.10. The number of halogens is 1. The third-order valence-electron chi connectivity index (χ3n) is 3.23. The molecule has 4 nitrogen and oxygen atoms in total. The number of nitrogens with zero attached hydrogens (tertiary/aromatic N) is 3. The Balaban J connectivity index is 2.22. The number of hydrogen-bond acceptors (Lipinski definition) is 4. The highest BCUT2D eigenvalue weighted by Crippen LogP contribution is 2.30. The molecule has 1 aromatic heterocycles. The van der Waals surface area contributed by atoms with Gasteiger partial charge in [-0.05, 0) is 41.1 Å². The van der Waals surface area contributed by atoms with E-state index in [9.17, 15) is 0 Å². The zero-order valence-electron chi connectivity index (χ0n) is 11.3. The van der Waals surface area contributed by atoms with Crippen molar-refractivity contribution < 1.29 is 0 Å². The van der Waals surface area contributed by atoms with E-state index < -0.39 is 0 Å². The Morgan fingerprint density at radius 3 is 2.67 bits per heavy atom. The summed E-state index contributed by atoms with van der Waals surface area (Å²) in [5.41, 5.74) is 0. The molecule has 1 N–H and O–H groups in total. The third kappa shape index (κ3) is 3.13. The predicted octanol–water partition coefficient (Wildman–Crippen LogP) is 3.15. The van der Waals surface area contributed by atoms with Gasteiger partial charge >= 0.3 is 0 Å². The van der Waals surface area contributed by atoms with Crippen LogP contribution in [0.15, 0.2) is 10.7 Å². The Morgan fingerprint density at radius 1 is 1.39 bits per heavy atom. The molecule has 5 heteroatoms. The molecule has 0 saturated carbocycles. The Morgan fingerprint density at radius 2 is 2.06 bits per heavy atom. The van der Waals surface area contributed by atoms with Crippen LogP contribution in [0.3, 0.4) is 0 Å². The molecule has 2 unspecified atom stereocenters. The van der Waals surface area contributed by atoms with Gasteiger partial charge in [0.2, 0.25) is 5.95 Å². The summed E-state index contributed by atoms with van der Waals surface area (Å²) in [6.45, 7) is 9.66. The second kappa shape index (κ2) is 5.87. The van der Waals surface area contributed by atoms with Crippen LogP contribution < -0.4 is 10.2 Å². The normalized spacial score (nSPS) is 24.1. The van der Waals surface area contributed by atoms with E-state index in [4.69, 9.17) is 0 Å². The molecule has 2 heterocycles. The molecule has 0 bridgehead atoms. The first-order valence-electron chi connectivity index (χ1n) is 6.61. The van der Waals surface area contributed by atoms with E-state index in [1.54, 1.807) is 0 Å². The molecule has 0 aliphatic carbocycles. The van der Waals surface area contributed by atoms with Crippen LogP contribution in [0.5, 0.6) is 0 Å². The standard InChI is InChI=1S/C13H21BrN4/c1-4-15-13-16-6-11(14)12(17-13)18-7-9(2)5-10(3)8-18/h6,9-10H,4-5,7-8H2,1-3H3,(H,15,16,17). The number of aromatic nitrogens is 2. The molecule has 0 radical (unpaired) electrons. The number of nitrogens with one attached hydrogen (secondary N) is 1. The number of piperidine rings is 1. The lowest BCUT2D eigenvalue weighted by Gasteiger charge is -2.36. The van der Waals surface area contributed by atoms with Gasteiger partial charge in [-0.3, -0.25) is 0 Å². The SMILES string of the molecule is CCNc1ncc(Br)c(N2CC(C)CC(C)C2)n1. The van der Waals surface area contributed by atoms with E-state index in [1.165, 1.54) is 6.42 Å². The van der Waals surface area contributed by atoms with Crippen molar-refractivity contribution in [2.75, 3.05) is 29.9 Å². The zero-order chi connectivity index (χ0) is 13.1. The van der Waals surface area contributed by atoms with E-state index in [1.807, 2.05) is 6.20 Å². The van der Waals surface area contributed by atoms with Crippen LogP contribution >= 0.6 is 15.9 Å². The van der Waals surface area contributed by atoms with Crippen molar-refractivity contribution in [3.05, 3.63) is 10.7 Å². The number of rotatable bonds is 3. The van der Waals surface area contributed by atoms with Crippen LogP contribution in [0, 0.1) is 11.8 Å². The van der Waals surface area contributed by atoms with Gasteiger partial charge in [0.15, 0.2) is 0 Å². The summed E-state index contributed by atoms with van der Waals surface area (Å²) in [5.74, 6) is 3.16. The van der Waals surface area contributed by atoms with Gasteiger partial charge in [-0.15, -0.1) is 0 Å². The lowest BCUT2D eigenvalue weighted by atomic mass is 9.92. The van der Waals surface area contributed by atoms with Crippen molar-refractivity contribution in [1.29, 1.82) is 0 Å². The molecule has 1 aromatic rings. The Hall–Kier alpha value is -0.840. The van der Waals surface area contributed by atoms with Gasteiger partial charge in [-0.25, -0.2) is 4.98 Å². The fraction of sp³-hybridized carbons (Fsp3) is 0.692. The summed E-state index contributed by atoms with van der Waals surface area (Å²) in [6.07, 6.45) is 3.14. The highest BCUT2D eigenvalue weighted by molar-refractivity contribution is 9.10. The lowest BCUT2D eigenvalue weighted by molar-refractivity contribution is 0.355. The molecule has 0 amide bonds.